The van der Waals surface area contributed by atoms with E-state index in [1.165, 1.54) is 25.0 Å². The summed E-state index contributed by atoms with van der Waals surface area (Å²) in [5.41, 5.74) is 0.622. The largest absolute Gasteiger partial charge is 0.179 e. The Bertz CT molecular complexity index is 93.5. The van der Waals surface area contributed by atoms with Crippen molar-refractivity contribution < 1.29 is 0 Å². The van der Waals surface area contributed by atoms with E-state index in [0.717, 1.165) is 5.75 Å². The Labute approximate surface area is 76.7 Å². The van der Waals surface area contributed by atoms with Gasteiger partial charge in [-0.3, -0.25) is 0 Å². The van der Waals surface area contributed by atoms with Crippen molar-refractivity contribution in [3.05, 3.63) is 0 Å². The molecule has 1 aliphatic rings. The molecule has 0 heterocycles. The van der Waals surface area contributed by atoms with Gasteiger partial charge in [0.1, 0.15) is 0 Å². The molecule has 0 spiro atoms. The van der Waals surface area contributed by atoms with Crippen LogP contribution < -0.4 is 0 Å². The zero-order valence-electron chi connectivity index (χ0n) is 6.30. The van der Waals surface area contributed by atoms with Gasteiger partial charge in [-0.2, -0.15) is 12.6 Å². The Balaban J connectivity index is 2.20. The molecule has 0 unspecified atom stereocenters. The summed E-state index contributed by atoms with van der Waals surface area (Å²) in [5.74, 6) is 2.39. The fourth-order valence-corrected chi connectivity index (χ4v) is 3.65. The molecule has 0 atom stereocenters. The molecule has 1 fully saturated rings. The quantitative estimate of drug-likeness (QED) is 0.539. The van der Waals surface area contributed by atoms with Gasteiger partial charge < -0.3 is 0 Å². The monoisotopic (exact) mass is 194 g/mol. The topological polar surface area (TPSA) is 0 Å². The van der Waals surface area contributed by atoms with Crippen molar-refractivity contribution in [1.82, 2.24) is 0 Å². The van der Waals surface area contributed by atoms with Crippen molar-refractivity contribution in [3.63, 3.8) is 0 Å². The maximum Gasteiger partial charge on any atom is 0.0101 e. The Kier molecular flexibility index (Phi) is 3.81. The molecule has 0 bridgehead atoms. The molecular formula is C7H14S3. The molecule has 3 heteroatoms. The van der Waals surface area contributed by atoms with Crippen LogP contribution >= 0.6 is 34.2 Å². The minimum absolute atomic E-state index is 0.622. The Morgan fingerprint density at radius 2 is 2.20 bits per heavy atom. The predicted octanol–water partition coefficient (Wildman–Crippen LogP) is 3.10. The maximum absolute atomic E-state index is 4.38. The molecule has 0 amide bonds. The van der Waals surface area contributed by atoms with E-state index in [4.69, 9.17) is 0 Å². The van der Waals surface area contributed by atoms with Gasteiger partial charge in [0.25, 0.3) is 0 Å². The first-order valence-electron chi connectivity index (χ1n) is 3.59. The van der Waals surface area contributed by atoms with E-state index in [1.807, 2.05) is 21.6 Å². The highest BCUT2D eigenvalue weighted by Gasteiger charge is 2.35. The molecule has 0 aromatic carbocycles. The van der Waals surface area contributed by atoms with Crippen LogP contribution in [-0.4, -0.2) is 17.8 Å². The summed E-state index contributed by atoms with van der Waals surface area (Å²) in [4.78, 5) is 0. The van der Waals surface area contributed by atoms with Crippen LogP contribution in [0.15, 0.2) is 0 Å². The summed E-state index contributed by atoms with van der Waals surface area (Å²) >= 11 is 4.38. The number of hydrogen-bond donors (Lipinski definition) is 1. The molecule has 0 radical (unpaired) electrons. The highest BCUT2D eigenvalue weighted by atomic mass is 33.1. The molecule has 0 aromatic rings. The van der Waals surface area contributed by atoms with E-state index < -0.39 is 0 Å². The second-order valence-corrected chi connectivity index (χ2v) is 5.82. The Morgan fingerprint density at radius 1 is 1.50 bits per heavy atom. The molecule has 1 saturated carbocycles. The van der Waals surface area contributed by atoms with Crippen molar-refractivity contribution in [1.29, 1.82) is 0 Å². The Hall–Kier alpha value is 1.05. The van der Waals surface area contributed by atoms with Crippen LogP contribution in [0.5, 0.6) is 0 Å². The lowest BCUT2D eigenvalue weighted by molar-refractivity contribution is 0.206. The van der Waals surface area contributed by atoms with Crippen molar-refractivity contribution in [2.75, 3.05) is 17.8 Å². The minimum atomic E-state index is 0.622. The van der Waals surface area contributed by atoms with Gasteiger partial charge in [-0.25, -0.2) is 0 Å². The van der Waals surface area contributed by atoms with Gasteiger partial charge in [0.15, 0.2) is 0 Å². The van der Waals surface area contributed by atoms with Crippen molar-refractivity contribution in [2.45, 2.75) is 19.3 Å². The van der Waals surface area contributed by atoms with Crippen LogP contribution in [0.25, 0.3) is 0 Å². The first-order chi connectivity index (χ1) is 4.83. The van der Waals surface area contributed by atoms with Crippen molar-refractivity contribution in [3.8, 4) is 0 Å². The minimum Gasteiger partial charge on any atom is -0.179 e. The molecular weight excluding hydrogens is 180 g/mol. The third-order valence-electron chi connectivity index (χ3n) is 2.23. The first kappa shape index (κ1) is 9.14. The zero-order valence-corrected chi connectivity index (χ0v) is 8.83. The molecule has 0 saturated heterocycles. The van der Waals surface area contributed by atoms with Crippen LogP contribution in [0.4, 0.5) is 0 Å². The normalized spacial score (nSPS) is 22.2. The SMILES string of the molecule is CSSCC1(CS)CCC1. The lowest BCUT2D eigenvalue weighted by Gasteiger charge is -2.40. The number of thiol groups is 1. The highest BCUT2D eigenvalue weighted by Crippen LogP contribution is 2.45. The molecule has 1 rings (SSSR count). The van der Waals surface area contributed by atoms with Crippen LogP contribution in [0.3, 0.4) is 0 Å². The summed E-state index contributed by atoms with van der Waals surface area (Å²) < 4.78 is 0. The second kappa shape index (κ2) is 4.17. The third kappa shape index (κ3) is 2.02. The maximum atomic E-state index is 4.38. The highest BCUT2D eigenvalue weighted by molar-refractivity contribution is 8.76. The van der Waals surface area contributed by atoms with E-state index >= 15 is 0 Å². The molecule has 0 aliphatic heterocycles. The van der Waals surface area contributed by atoms with Crippen LogP contribution in [0.2, 0.25) is 0 Å². The van der Waals surface area contributed by atoms with Crippen molar-refractivity contribution in [2.24, 2.45) is 5.41 Å². The van der Waals surface area contributed by atoms with Gasteiger partial charge in [-0.1, -0.05) is 28.0 Å². The fourth-order valence-electron chi connectivity index (χ4n) is 1.21. The van der Waals surface area contributed by atoms with Gasteiger partial charge in [-0.05, 0) is 30.3 Å². The zero-order chi connectivity index (χ0) is 7.45. The molecule has 0 N–H and O–H groups in total. The lowest BCUT2D eigenvalue weighted by Crippen LogP contribution is -2.33. The summed E-state index contributed by atoms with van der Waals surface area (Å²) in [6.45, 7) is 0. The predicted molar refractivity (Wildman–Crippen MR) is 56.1 cm³/mol. The van der Waals surface area contributed by atoms with Crippen LogP contribution in [0.1, 0.15) is 19.3 Å². The van der Waals surface area contributed by atoms with Gasteiger partial charge in [0.05, 0.1) is 0 Å². The smallest absolute Gasteiger partial charge is 0.0101 e. The van der Waals surface area contributed by atoms with Gasteiger partial charge in [0.2, 0.25) is 0 Å². The average Bonchev–Trinajstić information content (AvgIpc) is 1.87. The summed E-state index contributed by atoms with van der Waals surface area (Å²) in [5, 5.41) is 0. The molecule has 1 aliphatic carbocycles. The number of hydrogen-bond acceptors (Lipinski definition) is 3. The Morgan fingerprint density at radius 3 is 2.50 bits per heavy atom. The fraction of sp³-hybridized carbons (Fsp3) is 1.00. The molecule has 0 nitrogen and oxygen atoms in total. The van der Waals surface area contributed by atoms with Crippen LogP contribution in [0, 0.1) is 5.41 Å². The second-order valence-electron chi connectivity index (χ2n) is 2.94. The molecule has 0 aromatic heterocycles. The van der Waals surface area contributed by atoms with E-state index in [-0.39, 0.29) is 0 Å². The van der Waals surface area contributed by atoms with Crippen molar-refractivity contribution >= 4 is 34.2 Å². The summed E-state index contributed by atoms with van der Waals surface area (Å²) in [6.07, 6.45) is 6.39. The van der Waals surface area contributed by atoms with Gasteiger partial charge in [-0.15, -0.1) is 0 Å². The molecule has 60 valence electrons. The first-order valence-corrected chi connectivity index (χ1v) is 6.95. The molecule has 10 heavy (non-hydrogen) atoms. The van der Waals surface area contributed by atoms with E-state index in [2.05, 4.69) is 18.9 Å². The van der Waals surface area contributed by atoms with E-state index in [1.54, 1.807) is 0 Å². The van der Waals surface area contributed by atoms with Gasteiger partial charge >= 0.3 is 0 Å². The van der Waals surface area contributed by atoms with Crippen LogP contribution in [-0.2, 0) is 0 Å². The van der Waals surface area contributed by atoms with E-state index in [0.29, 0.717) is 5.41 Å². The average molecular weight is 194 g/mol. The standard InChI is InChI=1S/C7H14S3/c1-9-10-6-7(5-8)3-2-4-7/h8H,2-6H2,1H3. The number of rotatable bonds is 4. The third-order valence-corrected chi connectivity index (χ3v) is 4.93. The summed E-state index contributed by atoms with van der Waals surface area (Å²) in [6, 6.07) is 0. The van der Waals surface area contributed by atoms with E-state index in [9.17, 15) is 0 Å². The lowest BCUT2D eigenvalue weighted by atomic mass is 9.72. The summed E-state index contributed by atoms with van der Waals surface area (Å²) in [7, 11) is 3.86. The van der Waals surface area contributed by atoms with Gasteiger partial charge in [0, 0.05) is 5.75 Å².